The van der Waals surface area contributed by atoms with Crippen molar-refractivity contribution in [2.75, 3.05) is 5.32 Å². The molecule has 0 aliphatic rings. The molecule has 0 fully saturated rings. The number of para-hydroxylation sites is 1. The van der Waals surface area contributed by atoms with Crippen LogP contribution in [0, 0.1) is 0 Å². The summed E-state index contributed by atoms with van der Waals surface area (Å²) < 4.78 is 38.5. The third kappa shape index (κ3) is 2.82. The van der Waals surface area contributed by atoms with Gasteiger partial charge in [-0.2, -0.15) is 18.3 Å². The Bertz CT molecular complexity index is 517. The Balaban J connectivity index is 2.07. The molecule has 18 heavy (non-hydrogen) atoms. The fourth-order valence-corrected chi connectivity index (χ4v) is 1.63. The summed E-state index contributed by atoms with van der Waals surface area (Å²) in [6, 6.07) is 10.3. The molecule has 0 saturated heterocycles. The van der Waals surface area contributed by atoms with E-state index in [1.165, 1.54) is 7.05 Å². The lowest BCUT2D eigenvalue weighted by Gasteiger charge is -2.04. The highest BCUT2D eigenvalue weighted by Gasteiger charge is 2.34. The molecule has 2 rings (SSSR count). The molecule has 2 aromatic rings. The number of nitrogens with zero attached hydrogens (tertiary/aromatic N) is 2. The van der Waals surface area contributed by atoms with E-state index in [2.05, 4.69) is 10.4 Å². The van der Waals surface area contributed by atoms with E-state index in [1.807, 2.05) is 30.3 Å². The van der Waals surface area contributed by atoms with Gasteiger partial charge in [-0.3, -0.25) is 4.68 Å². The minimum Gasteiger partial charge on any atom is -0.379 e. The lowest BCUT2D eigenvalue weighted by molar-refractivity contribution is -0.143. The molecule has 1 aromatic carbocycles. The van der Waals surface area contributed by atoms with E-state index in [0.717, 1.165) is 16.4 Å². The lowest BCUT2D eigenvalue weighted by Crippen LogP contribution is -2.11. The van der Waals surface area contributed by atoms with Crippen LogP contribution in [0.5, 0.6) is 0 Å². The summed E-state index contributed by atoms with van der Waals surface area (Å²) in [5.41, 5.74) is 0.456. The maximum absolute atomic E-state index is 12.5. The number of anilines is 1. The van der Waals surface area contributed by atoms with Crippen molar-refractivity contribution in [3.63, 3.8) is 0 Å². The van der Waals surface area contributed by atoms with Crippen molar-refractivity contribution in [3.05, 3.63) is 47.8 Å². The number of nitrogens with one attached hydrogen (secondary N) is 1. The quantitative estimate of drug-likeness (QED) is 0.913. The Hall–Kier alpha value is -1.98. The third-order valence-corrected chi connectivity index (χ3v) is 2.47. The van der Waals surface area contributed by atoms with Crippen molar-refractivity contribution in [1.29, 1.82) is 0 Å². The molecular formula is C12H12F3N3. The number of hydrogen-bond donors (Lipinski definition) is 1. The van der Waals surface area contributed by atoms with Crippen LogP contribution in [0.15, 0.2) is 36.4 Å². The van der Waals surface area contributed by atoms with Crippen LogP contribution < -0.4 is 5.32 Å². The maximum Gasteiger partial charge on any atom is 0.433 e. The van der Waals surface area contributed by atoms with Crippen LogP contribution in [0.4, 0.5) is 18.9 Å². The van der Waals surface area contributed by atoms with E-state index in [0.29, 0.717) is 5.69 Å². The van der Waals surface area contributed by atoms with E-state index >= 15 is 0 Å². The van der Waals surface area contributed by atoms with Crippen LogP contribution in [0.2, 0.25) is 0 Å². The number of aryl methyl sites for hydroxylation is 1. The van der Waals surface area contributed by atoms with Crippen molar-refractivity contribution in [1.82, 2.24) is 9.78 Å². The van der Waals surface area contributed by atoms with Gasteiger partial charge in [0.05, 0.1) is 12.2 Å². The summed E-state index contributed by atoms with van der Waals surface area (Å²) >= 11 is 0. The van der Waals surface area contributed by atoms with Gasteiger partial charge in [0.1, 0.15) is 5.69 Å². The Morgan fingerprint density at radius 2 is 1.89 bits per heavy atom. The summed E-state index contributed by atoms with van der Waals surface area (Å²) in [5, 5.41) is 6.84. The molecule has 0 aliphatic carbocycles. The van der Waals surface area contributed by atoms with E-state index in [9.17, 15) is 13.2 Å². The van der Waals surface area contributed by atoms with Crippen molar-refractivity contribution in [2.24, 2.45) is 7.05 Å². The van der Waals surface area contributed by atoms with Crippen molar-refractivity contribution < 1.29 is 13.2 Å². The molecular weight excluding hydrogens is 243 g/mol. The van der Waals surface area contributed by atoms with Crippen LogP contribution in [0.3, 0.4) is 0 Å². The molecule has 0 aliphatic heterocycles. The van der Waals surface area contributed by atoms with Crippen LogP contribution in [0.1, 0.15) is 11.4 Å². The molecule has 0 atom stereocenters. The van der Waals surface area contributed by atoms with Gasteiger partial charge in [-0.15, -0.1) is 0 Å². The topological polar surface area (TPSA) is 29.9 Å². The molecule has 3 nitrogen and oxygen atoms in total. The summed E-state index contributed by atoms with van der Waals surface area (Å²) in [5.74, 6) is 0. The average molecular weight is 255 g/mol. The molecule has 1 aromatic heterocycles. The number of hydrogen-bond acceptors (Lipinski definition) is 2. The first-order valence-electron chi connectivity index (χ1n) is 5.36. The maximum atomic E-state index is 12.5. The summed E-state index contributed by atoms with van der Waals surface area (Å²) in [7, 11) is 1.29. The number of alkyl halides is 3. The molecule has 0 bridgehead atoms. The zero-order valence-corrected chi connectivity index (χ0v) is 9.70. The first-order valence-corrected chi connectivity index (χ1v) is 5.36. The summed E-state index contributed by atoms with van der Waals surface area (Å²) in [6.45, 7) is 0.258. The number of benzene rings is 1. The molecule has 0 unspecified atom stereocenters. The zero-order chi connectivity index (χ0) is 13.2. The molecule has 1 heterocycles. The van der Waals surface area contributed by atoms with Gasteiger partial charge in [0.2, 0.25) is 0 Å². The zero-order valence-electron chi connectivity index (χ0n) is 9.70. The number of aromatic nitrogens is 2. The predicted molar refractivity (Wildman–Crippen MR) is 62.0 cm³/mol. The monoisotopic (exact) mass is 255 g/mol. The molecule has 0 spiro atoms. The lowest BCUT2D eigenvalue weighted by atomic mass is 10.3. The smallest absolute Gasteiger partial charge is 0.379 e. The minimum absolute atomic E-state index is 0.258. The fourth-order valence-electron chi connectivity index (χ4n) is 1.63. The van der Waals surface area contributed by atoms with Gasteiger partial charge in [-0.1, -0.05) is 18.2 Å². The normalized spacial score (nSPS) is 11.6. The molecule has 0 amide bonds. The van der Waals surface area contributed by atoms with Gasteiger partial charge >= 0.3 is 6.18 Å². The average Bonchev–Trinajstić information content (AvgIpc) is 2.69. The SMILES string of the molecule is Cn1nc(CNc2ccccc2)cc1C(F)(F)F. The minimum atomic E-state index is -4.37. The Morgan fingerprint density at radius 1 is 1.22 bits per heavy atom. The second kappa shape index (κ2) is 4.72. The summed E-state index contributed by atoms with van der Waals surface area (Å²) in [4.78, 5) is 0. The van der Waals surface area contributed by atoms with Gasteiger partial charge in [-0.25, -0.2) is 0 Å². The van der Waals surface area contributed by atoms with E-state index in [4.69, 9.17) is 0 Å². The van der Waals surface area contributed by atoms with Crippen LogP contribution in [-0.4, -0.2) is 9.78 Å². The Morgan fingerprint density at radius 3 is 2.44 bits per heavy atom. The van der Waals surface area contributed by atoms with Crippen molar-refractivity contribution in [2.45, 2.75) is 12.7 Å². The Labute approximate surface area is 102 Å². The highest BCUT2D eigenvalue weighted by atomic mass is 19.4. The van der Waals surface area contributed by atoms with E-state index in [-0.39, 0.29) is 6.54 Å². The van der Waals surface area contributed by atoms with Gasteiger partial charge in [0, 0.05) is 12.7 Å². The Kier molecular flexibility index (Phi) is 3.27. The van der Waals surface area contributed by atoms with Gasteiger partial charge in [0.25, 0.3) is 0 Å². The van der Waals surface area contributed by atoms with Crippen molar-refractivity contribution >= 4 is 5.69 Å². The van der Waals surface area contributed by atoms with Crippen LogP contribution in [0.25, 0.3) is 0 Å². The number of rotatable bonds is 3. The summed E-state index contributed by atoms with van der Waals surface area (Å²) in [6.07, 6.45) is -4.37. The standard InChI is InChI=1S/C12H12F3N3/c1-18-11(12(13,14)15)7-10(17-18)8-16-9-5-3-2-4-6-9/h2-7,16H,8H2,1H3. The third-order valence-electron chi connectivity index (χ3n) is 2.47. The molecule has 1 N–H and O–H groups in total. The second-order valence-corrected chi connectivity index (χ2v) is 3.86. The number of halogens is 3. The first kappa shape index (κ1) is 12.5. The van der Waals surface area contributed by atoms with Crippen LogP contribution >= 0.6 is 0 Å². The first-order chi connectivity index (χ1) is 8.47. The van der Waals surface area contributed by atoms with Crippen LogP contribution in [-0.2, 0) is 19.8 Å². The van der Waals surface area contributed by atoms with Gasteiger partial charge in [0.15, 0.2) is 0 Å². The predicted octanol–water partition coefficient (Wildman–Crippen LogP) is 3.05. The van der Waals surface area contributed by atoms with E-state index < -0.39 is 11.9 Å². The van der Waals surface area contributed by atoms with Gasteiger partial charge < -0.3 is 5.32 Å². The molecule has 96 valence electrons. The van der Waals surface area contributed by atoms with Crippen molar-refractivity contribution in [3.8, 4) is 0 Å². The largest absolute Gasteiger partial charge is 0.433 e. The fraction of sp³-hybridized carbons (Fsp3) is 0.250. The molecule has 0 saturated carbocycles. The highest BCUT2D eigenvalue weighted by Crippen LogP contribution is 2.29. The second-order valence-electron chi connectivity index (χ2n) is 3.86. The van der Waals surface area contributed by atoms with Gasteiger partial charge in [-0.05, 0) is 18.2 Å². The highest BCUT2D eigenvalue weighted by molar-refractivity contribution is 5.42. The molecule has 6 heteroatoms. The van der Waals surface area contributed by atoms with E-state index in [1.54, 1.807) is 0 Å². The molecule has 0 radical (unpaired) electrons.